The van der Waals surface area contributed by atoms with Crippen molar-refractivity contribution in [2.75, 3.05) is 18.9 Å². The summed E-state index contributed by atoms with van der Waals surface area (Å²) in [6.45, 7) is 1.81. The minimum atomic E-state index is -4.62. The van der Waals surface area contributed by atoms with E-state index in [1.165, 1.54) is 6.07 Å². The molecule has 8 heteroatoms. The zero-order valence-corrected chi connectivity index (χ0v) is 15.6. The number of amides is 1. The third-order valence-corrected chi connectivity index (χ3v) is 4.45. The largest absolute Gasteiger partial charge is 0.418 e. The maximum absolute atomic E-state index is 13.1. The van der Waals surface area contributed by atoms with Gasteiger partial charge in [0.2, 0.25) is 5.91 Å². The molecule has 0 aliphatic rings. The van der Waals surface area contributed by atoms with Crippen LogP contribution in [0.3, 0.4) is 0 Å². The fourth-order valence-electron chi connectivity index (χ4n) is 2.41. The Morgan fingerprint density at radius 2 is 1.69 bits per heavy atom. The molecule has 140 valence electrons. The number of hydrogen-bond acceptors (Lipinski definition) is 2. The van der Waals surface area contributed by atoms with Crippen LogP contribution in [0.2, 0.25) is 10.0 Å². The summed E-state index contributed by atoms with van der Waals surface area (Å²) >= 11 is 11.5. The summed E-state index contributed by atoms with van der Waals surface area (Å²) in [5.74, 6) is -0.555. The maximum atomic E-state index is 13.1. The van der Waals surface area contributed by atoms with Gasteiger partial charge in [0.05, 0.1) is 17.8 Å². The highest BCUT2D eigenvalue weighted by molar-refractivity contribution is 6.31. The van der Waals surface area contributed by atoms with Crippen LogP contribution in [0.1, 0.15) is 24.1 Å². The lowest BCUT2D eigenvalue weighted by atomic mass is 10.1. The van der Waals surface area contributed by atoms with E-state index in [4.69, 9.17) is 23.2 Å². The fraction of sp³-hybridized carbons (Fsp3) is 0.278. The number of rotatable bonds is 5. The molecule has 0 aliphatic carbocycles. The van der Waals surface area contributed by atoms with Gasteiger partial charge in [-0.05, 0) is 49.9 Å². The number of halogens is 5. The normalized spacial score (nSPS) is 12.9. The topological polar surface area (TPSA) is 32.3 Å². The predicted molar refractivity (Wildman–Crippen MR) is 97.6 cm³/mol. The Balaban J connectivity index is 2.08. The standard InChI is InChI=1S/C18H17Cl2F3N2O/c1-11(12-3-5-13(19)6-4-12)25(2)10-17(26)24-16-8-7-14(20)9-15(16)18(21,22)23/h3-9,11H,10H2,1-2H3,(H,24,26). The second-order valence-corrected chi connectivity index (χ2v) is 6.75. The molecule has 1 amide bonds. The molecule has 0 aliphatic heterocycles. The van der Waals surface area contributed by atoms with E-state index in [0.717, 1.165) is 17.7 Å². The summed E-state index contributed by atoms with van der Waals surface area (Å²) in [5.41, 5.74) is -0.363. The van der Waals surface area contributed by atoms with Crippen LogP contribution in [0.4, 0.5) is 18.9 Å². The first-order valence-electron chi connectivity index (χ1n) is 7.70. The van der Waals surface area contributed by atoms with E-state index in [-0.39, 0.29) is 23.3 Å². The number of nitrogens with one attached hydrogen (secondary N) is 1. The van der Waals surface area contributed by atoms with Gasteiger partial charge >= 0.3 is 6.18 Å². The summed E-state index contributed by atoms with van der Waals surface area (Å²) in [6.07, 6.45) is -4.62. The van der Waals surface area contributed by atoms with Gasteiger partial charge in [-0.2, -0.15) is 13.2 Å². The van der Waals surface area contributed by atoms with Gasteiger partial charge in [-0.15, -0.1) is 0 Å². The Labute approximate surface area is 159 Å². The Bertz CT molecular complexity index is 779. The minimum absolute atomic E-state index is 0.0520. The molecule has 1 N–H and O–H groups in total. The Hall–Kier alpha value is -1.76. The average molecular weight is 405 g/mol. The Morgan fingerprint density at radius 1 is 1.12 bits per heavy atom. The van der Waals surface area contributed by atoms with Crippen molar-refractivity contribution in [2.24, 2.45) is 0 Å². The number of carbonyl (C=O) groups is 1. The van der Waals surface area contributed by atoms with E-state index in [1.807, 2.05) is 19.1 Å². The second-order valence-electron chi connectivity index (χ2n) is 5.88. The molecule has 0 fully saturated rings. The van der Waals surface area contributed by atoms with Crippen molar-refractivity contribution >= 4 is 34.8 Å². The van der Waals surface area contributed by atoms with Crippen LogP contribution in [0.15, 0.2) is 42.5 Å². The number of alkyl halides is 3. The molecule has 1 atom stereocenters. The molecule has 0 bridgehead atoms. The fourth-order valence-corrected chi connectivity index (χ4v) is 2.71. The Kier molecular flexibility index (Phi) is 6.55. The van der Waals surface area contributed by atoms with Crippen molar-refractivity contribution in [3.05, 3.63) is 63.6 Å². The van der Waals surface area contributed by atoms with Crippen molar-refractivity contribution < 1.29 is 18.0 Å². The number of hydrogen-bond donors (Lipinski definition) is 1. The zero-order valence-electron chi connectivity index (χ0n) is 14.1. The molecule has 2 aromatic rings. The Morgan fingerprint density at radius 3 is 2.27 bits per heavy atom. The van der Waals surface area contributed by atoms with Crippen molar-refractivity contribution in [3.8, 4) is 0 Å². The van der Waals surface area contributed by atoms with E-state index in [1.54, 1.807) is 24.1 Å². The molecule has 26 heavy (non-hydrogen) atoms. The van der Waals surface area contributed by atoms with Crippen LogP contribution in [0, 0.1) is 0 Å². The molecule has 0 aromatic heterocycles. The first-order chi connectivity index (χ1) is 12.1. The lowest BCUT2D eigenvalue weighted by Gasteiger charge is -2.25. The molecule has 0 heterocycles. The first kappa shape index (κ1) is 20.6. The second kappa shape index (κ2) is 8.29. The van der Waals surface area contributed by atoms with Crippen molar-refractivity contribution in [1.29, 1.82) is 0 Å². The van der Waals surface area contributed by atoms with Gasteiger partial charge < -0.3 is 5.32 Å². The van der Waals surface area contributed by atoms with Crippen molar-refractivity contribution in [1.82, 2.24) is 4.90 Å². The van der Waals surface area contributed by atoms with E-state index < -0.39 is 17.6 Å². The SMILES string of the molecule is CC(c1ccc(Cl)cc1)N(C)CC(=O)Nc1ccc(Cl)cc1C(F)(F)F. The summed E-state index contributed by atoms with van der Waals surface area (Å²) < 4.78 is 39.3. The molecule has 0 saturated carbocycles. The van der Waals surface area contributed by atoms with Gasteiger partial charge in [0.1, 0.15) is 0 Å². The number of likely N-dealkylation sites (N-methyl/N-ethyl adjacent to an activating group) is 1. The van der Waals surface area contributed by atoms with Crippen molar-refractivity contribution in [3.63, 3.8) is 0 Å². The molecule has 0 radical (unpaired) electrons. The number of benzene rings is 2. The van der Waals surface area contributed by atoms with Gasteiger partial charge in [0.25, 0.3) is 0 Å². The van der Waals surface area contributed by atoms with Gasteiger partial charge in [-0.25, -0.2) is 0 Å². The quantitative estimate of drug-likeness (QED) is 0.698. The molecule has 1 unspecified atom stereocenters. The molecular formula is C18H17Cl2F3N2O. The summed E-state index contributed by atoms with van der Waals surface area (Å²) in [4.78, 5) is 13.9. The predicted octanol–water partition coefficient (Wildman–Crippen LogP) is 5.64. The zero-order chi connectivity index (χ0) is 19.5. The number of nitrogens with zero attached hydrogens (tertiary/aromatic N) is 1. The van der Waals surface area contributed by atoms with Gasteiger partial charge in [0, 0.05) is 16.1 Å². The van der Waals surface area contributed by atoms with Gasteiger partial charge in [0.15, 0.2) is 0 Å². The molecule has 3 nitrogen and oxygen atoms in total. The summed E-state index contributed by atoms with van der Waals surface area (Å²) in [6, 6.07) is 10.3. The summed E-state index contributed by atoms with van der Waals surface area (Å²) in [5, 5.41) is 2.86. The van der Waals surface area contributed by atoms with Gasteiger partial charge in [-0.1, -0.05) is 35.3 Å². The van der Waals surface area contributed by atoms with Crippen LogP contribution >= 0.6 is 23.2 Å². The van der Waals surface area contributed by atoms with E-state index >= 15 is 0 Å². The van der Waals surface area contributed by atoms with Crippen LogP contribution in [-0.4, -0.2) is 24.4 Å². The molecular weight excluding hydrogens is 388 g/mol. The molecule has 2 rings (SSSR count). The highest BCUT2D eigenvalue weighted by Gasteiger charge is 2.34. The van der Waals surface area contributed by atoms with Crippen LogP contribution in [0.5, 0.6) is 0 Å². The average Bonchev–Trinajstić information content (AvgIpc) is 2.55. The first-order valence-corrected chi connectivity index (χ1v) is 8.46. The van der Waals surface area contributed by atoms with E-state index in [2.05, 4.69) is 5.32 Å². The van der Waals surface area contributed by atoms with Crippen LogP contribution in [0.25, 0.3) is 0 Å². The smallest absolute Gasteiger partial charge is 0.324 e. The van der Waals surface area contributed by atoms with Crippen LogP contribution < -0.4 is 5.32 Å². The molecule has 0 spiro atoms. The summed E-state index contributed by atoms with van der Waals surface area (Å²) in [7, 11) is 1.71. The highest BCUT2D eigenvalue weighted by Crippen LogP contribution is 2.36. The number of anilines is 1. The highest BCUT2D eigenvalue weighted by atomic mass is 35.5. The van der Waals surface area contributed by atoms with Gasteiger partial charge in [-0.3, -0.25) is 9.69 Å². The minimum Gasteiger partial charge on any atom is -0.324 e. The monoisotopic (exact) mass is 404 g/mol. The van der Waals surface area contributed by atoms with Crippen LogP contribution in [-0.2, 0) is 11.0 Å². The lowest BCUT2D eigenvalue weighted by Crippen LogP contribution is -2.32. The maximum Gasteiger partial charge on any atom is 0.418 e. The van der Waals surface area contributed by atoms with E-state index in [0.29, 0.717) is 5.02 Å². The number of carbonyl (C=O) groups excluding carboxylic acids is 1. The molecule has 0 saturated heterocycles. The third-order valence-electron chi connectivity index (χ3n) is 3.97. The molecule has 2 aromatic carbocycles. The van der Waals surface area contributed by atoms with E-state index in [9.17, 15) is 18.0 Å². The third kappa shape index (κ3) is 5.37. The van der Waals surface area contributed by atoms with Crippen molar-refractivity contribution in [2.45, 2.75) is 19.1 Å². The lowest BCUT2D eigenvalue weighted by molar-refractivity contribution is -0.137.